The van der Waals surface area contributed by atoms with Crippen LogP contribution in [0.25, 0.3) is 0 Å². The van der Waals surface area contributed by atoms with Crippen LogP contribution in [0, 0.1) is 11.8 Å². The first-order valence-electron chi connectivity index (χ1n) is 7.62. The summed E-state index contributed by atoms with van der Waals surface area (Å²) in [6.45, 7) is 6.79. The highest BCUT2D eigenvalue weighted by atomic mass is 16.6. The number of ether oxygens (including phenoxy) is 2. The quantitative estimate of drug-likeness (QED) is 0.546. The zero-order valence-corrected chi connectivity index (χ0v) is 13.3. The number of rotatable bonds is 0. The Bertz CT molecular complexity index is 623. The molecule has 22 heavy (non-hydrogen) atoms. The zero-order valence-electron chi connectivity index (χ0n) is 13.3. The Hall–Kier alpha value is -1.99. The maximum atomic E-state index is 12.1. The first-order chi connectivity index (χ1) is 10.4. The zero-order chi connectivity index (χ0) is 15.8. The van der Waals surface area contributed by atoms with E-state index in [0.717, 1.165) is 12.0 Å². The van der Waals surface area contributed by atoms with Crippen LogP contribution >= 0.6 is 0 Å². The number of carbonyl (C=O) groups excluding carboxylic acids is 1. The lowest BCUT2D eigenvalue weighted by molar-refractivity contribution is 0.0224. The summed E-state index contributed by atoms with van der Waals surface area (Å²) in [6, 6.07) is 9.88. The summed E-state index contributed by atoms with van der Waals surface area (Å²) in [5.74, 6) is 6.41. The fraction of sp³-hybridized carbons (Fsp3) is 0.500. The highest BCUT2D eigenvalue weighted by Gasteiger charge is 2.59. The smallest absolute Gasteiger partial charge is 0.410 e. The summed E-state index contributed by atoms with van der Waals surface area (Å²) >= 11 is 0. The minimum atomic E-state index is -0.469. The summed E-state index contributed by atoms with van der Waals surface area (Å²) in [7, 11) is 0. The van der Waals surface area contributed by atoms with E-state index >= 15 is 0 Å². The third-order valence-electron chi connectivity index (χ3n) is 3.80. The lowest BCUT2D eigenvalue weighted by Crippen LogP contribution is -2.44. The first-order valence-corrected chi connectivity index (χ1v) is 7.62. The lowest BCUT2D eigenvalue weighted by atomic mass is 9.97. The third kappa shape index (κ3) is 3.26. The van der Waals surface area contributed by atoms with Crippen LogP contribution in [-0.2, 0) is 9.47 Å². The molecule has 0 aliphatic carbocycles. The van der Waals surface area contributed by atoms with Gasteiger partial charge in [0.25, 0.3) is 0 Å². The van der Waals surface area contributed by atoms with E-state index in [9.17, 15) is 4.79 Å². The highest BCUT2D eigenvalue weighted by molar-refractivity contribution is 5.68. The second kappa shape index (κ2) is 5.33. The molecule has 4 heteroatoms. The van der Waals surface area contributed by atoms with Crippen LogP contribution in [0.2, 0.25) is 0 Å². The predicted molar refractivity (Wildman–Crippen MR) is 83.3 cm³/mol. The van der Waals surface area contributed by atoms with Crippen molar-refractivity contribution >= 4 is 6.09 Å². The SMILES string of the molecule is CC(C)(C)OC(=O)N1CCC2(C#Cc3ccccc3)OC2C1. The van der Waals surface area contributed by atoms with Gasteiger partial charge in [0.15, 0.2) is 5.60 Å². The molecule has 2 saturated heterocycles. The van der Waals surface area contributed by atoms with Crippen molar-refractivity contribution in [3.8, 4) is 11.8 Å². The van der Waals surface area contributed by atoms with Crippen LogP contribution < -0.4 is 0 Å². The Labute approximate surface area is 131 Å². The average molecular weight is 299 g/mol. The molecule has 0 bridgehead atoms. The number of nitrogens with zero attached hydrogens (tertiary/aromatic N) is 1. The first kappa shape index (κ1) is 14.9. The fourth-order valence-electron chi connectivity index (χ4n) is 2.58. The second-order valence-electron chi connectivity index (χ2n) is 6.79. The Balaban J connectivity index is 1.60. The lowest BCUT2D eigenvalue weighted by Gasteiger charge is -2.29. The minimum absolute atomic E-state index is 0.00461. The van der Waals surface area contributed by atoms with E-state index in [1.807, 2.05) is 51.1 Å². The normalized spacial score (nSPS) is 26.5. The van der Waals surface area contributed by atoms with Gasteiger partial charge in [0.1, 0.15) is 11.7 Å². The molecule has 2 aliphatic heterocycles. The van der Waals surface area contributed by atoms with Crippen LogP contribution in [0.1, 0.15) is 32.8 Å². The molecule has 1 aromatic rings. The van der Waals surface area contributed by atoms with E-state index in [1.165, 1.54) is 0 Å². The van der Waals surface area contributed by atoms with E-state index in [-0.39, 0.29) is 17.8 Å². The molecule has 3 rings (SSSR count). The molecule has 2 heterocycles. The Morgan fingerprint density at radius 1 is 1.36 bits per heavy atom. The van der Waals surface area contributed by atoms with Crippen molar-refractivity contribution in [2.24, 2.45) is 0 Å². The van der Waals surface area contributed by atoms with Gasteiger partial charge in [0, 0.05) is 18.5 Å². The summed E-state index contributed by atoms with van der Waals surface area (Å²) in [4.78, 5) is 13.8. The van der Waals surface area contributed by atoms with Gasteiger partial charge in [-0.3, -0.25) is 0 Å². The van der Waals surface area contributed by atoms with E-state index in [1.54, 1.807) is 4.90 Å². The van der Waals surface area contributed by atoms with Gasteiger partial charge in [-0.1, -0.05) is 30.0 Å². The molecule has 2 atom stereocenters. The van der Waals surface area contributed by atoms with E-state index in [2.05, 4.69) is 11.8 Å². The molecule has 0 aromatic heterocycles. The van der Waals surface area contributed by atoms with E-state index in [4.69, 9.17) is 9.47 Å². The van der Waals surface area contributed by atoms with Gasteiger partial charge in [-0.2, -0.15) is 0 Å². The van der Waals surface area contributed by atoms with Crippen molar-refractivity contribution in [1.29, 1.82) is 0 Å². The molecular weight excluding hydrogens is 278 g/mol. The number of epoxide rings is 1. The molecule has 4 nitrogen and oxygen atoms in total. The average Bonchev–Trinajstić information content (AvgIpc) is 3.18. The maximum absolute atomic E-state index is 12.1. The van der Waals surface area contributed by atoms with Crippen molar-refractivity contribution in [2.45, 2.75) is 44.5 Å². The number of fused-ring (bicyclic) bond motifs is 1. The number of piperidine rings is 1. The molecule has 116 valence electrons. The molecule has 0 spiro atoms. The van der Waals surface area contributed by atoms with Gasteiger partial charge in [-0.15, -0.1) is 0 Å². The van der Waals surface area contributed by atoms with E-state index < -0.39 is 5.60 Å². The second-order valence-corrected chi connectivity index (χ2v) is 6.79. The molecule has 0 N–H and O–H groups in total. The molecule has 1 amide bonds. The van der Waals surface area contributed by atoms with E-state index in [0.29, 0.717) is 13.1 Å². The largest absolute Gasteiger partial charge is 0.444 e. The Kier molecular flexibility index (Phi) is 3.62. The van der Waals surface area contributed by atoms with Crippen LogP contribution in [-0.4, -0.2) is 41.4 Å². The van der Waals surface area contributed by atoms with Gasteiger partial charge in [0.2, 0.25) is 0 Å². The molecule has 1 aromatic carbocycles. The topological polar surface area (TPSA) is 42.1 Å². The molecule has 2 unspecified atom stereocenters. The molecule has 2 aliphatic rings. The van der Waals surface area contributed by atoms with Crippen molar-refractivity contribution < 1.29 is 14.3 Å². The van der Waals surface area contributed by atoms with Gasteiger partial charge < -0.3 is 14.4 Å². The van der Waals surface area contributed by atoms with Crippen molar-refractivity contribution in [3.63, 3.8) is 0 Å². The maximum Gasteiger partial charge on any atom is 0.410 e. The molecular formula is C18H21NO3. The van der Waals surface area contributed by atoms with Crippen LogP contribution in [0.4, 0.5) is 4.79 Å². The standard InChI is InChI=1S/C18H21NO3/c1-17(2,3)22-16(20)19-12-11-18(15(13-19)21-18)10-9-14-7-5-4-6-8-14/h4-8,15H,11-13H2,1-3H3. The molecule has 0 saturated carbocycles. The highest BCUT2D eigenvalue weighted by Crippen LogP contribution is 2.43. The van der Waals surface area contributed by atoms with Crippen LogP contribution in [0.15, 0.2) is 30.3 Å². The molecule has 2 fully saturated rings. The Morgan fingerprint density at radius 3 is 2.73 bits per heavy atom. The van der Waals surface area contributed by atoms with Gasteiger partial charge >= 0.3 is 6.09 Å². The number of hydrogen-bond acceptors (Lipinski definition) is 3. The molecule has 0 radical (unpaired) electrons. The van der Waals surface area contributed by atoms with Crippen LogP contribution in [0.3, 0.4) is 0 Å². The number of hydrogen-bond donors (Lipinski definition) is 0. The monoisotopic (exact) mass is 299 g/mol. The van der Waals surface area contributed by atoms with Crippen molar-refractivity contribution in [1.82, 2.24) is 4.90 Å². The van der Waals surface area contributed by atoms with Crippen molar-refractivity contribution in [2.75, 3.05) is 13.1 Å². The predicted octanol–water partition coefficient (Wildman–Crippen LogP) is 2.82. The summed E-state index contributed by atoms with van der Waals surface area (Å²) in [5, 5.41) is 0. The number of benzene rings is 1. The van der Waals surface area contributed by atoms with Gasteiger partial charge in [0.05, 0.1) is 6.54 Å². The number of amides is 1. The Morgan fingerprint density at radius 2 is 2.09 bits per heavy atom. The third-order valence-corrected chi connectivity index (χ3v) is 3.80. The van der Waals surface area contributed by atoms with Gasteiger partial charge in [-0.25, -0.2) is 4.79 Å². The minimum Gasteiger partial charge on any atom is -0.444 e. The number of carbonyl (C=O) groups is 1. The number of likely N-dealkylation sites (tertiary alicyclic amines) is 1. The fourth-order valence-corrected chi connectivity index (χ4v) is 2.58. The summed E-state index contributed by atoms with van der Waals surface area (Å²) < 4.78 is 11.2. The van der Waals surface area contributed by atoms with Gasteiger partial charge in [-0.05, 0) is 32.9 Å². The summed E-state index contributed by atoms with van der Waals surface area (Å²) in [6.07, 6.45) is 0.467. The van der Waals surface area contributed by atoms with Crippen LogP contribution in [0.5, 0.6) is 0 Å². The van der Waals surface area contributed by atoms with Crippen molar-refractivity contribution in [3.05, 3.63) is 35.9 Å². The summed E-state index contributed by atoms with van der Waals surface area (Å²) in [5.41, 5.74) is 0.151.